The Labute approximate surface area is 125 Å². The van der Waals surface area contributed by atoms with Gasteiger partial charge in [-0.15, -0.1) is 0 Å². The van der Waals surface area contributed by atoms with Gasteiger partial charge in [0.2, 0.25) is 0 Å². The number of carboxylic acids is 1. The van der Waals surface area contributed by atoms with Crippen LogP contribution in [-0.4, -0.2) is 11.1 Å². The predicted octanol–water partition coefficient (Wildman–Crippen LogP) is 3.05. The standard InChI is InChI=1S/C15H22O3.Cu/c1-14(2,3)9-7-10(13(17)18)12(16)11(8-9)15(4,5)6;/h7-8,16H,1-6H3,(H,17,18);/q;+1/p-1. The molecular weight excluding hydrogens is 292 g/mol. The molecule has 0 aromatic heterocycles. The third-order valence-corrected chi connectivity index (χ3v) is 2.99. The zero-order valence-corrected chi connectivity index (χ0v) is 13.2. The molecule has 0 bridgehead atoms. The van der Waals surface area contributed by atoms with E-state index in [1.165, 1.54) is 6.07 Å². The van der Waals surface area contributed by atoms with Crippen molar-refractivity contribution >= 4 is 5.97 Å². The van der Waals surface area contributed by atoms with E-state index in [1.807, 2.05) is 47.6 Å². The Morgan fingerprint density at radius 1 is 1.05 bits per heavy atom. The van der Waals surface area contributed by atoms with Crippen molar-refractivity contribution in [1.29, 1.82) is 0 Å². The molecule has 1 aromatic carbocycles. The molecule has 0 unspecified atom stereocenters. The number of carboxylic acid groups (broad SMARTS) is 1. The van der Waals surface area contributed by atoms with E-state index in [1.54, 1.807) is 0 Å². The molecule has 110 valence electrons. The number of rotatable bonds is 1. The Balaban J connectivity index is 0.00000324. The summed E-state index contributed by atoms with van der Waals surface area (Å²) in [4.78, 5) is 11.2. The first-order valence-corrected chi connectivity index (χ1v) is 6.04. The predicted molar refractivity (Wildman–Crippen MR) is 70.2 cm³/mol. The molecule has 1 rings (SSSR count). The second kappa shape index (κ2) is 5.56. The van der Waals surface area contributed by atoms with Crippen LogP contribution in [0.25, 0.3) is 0 Å². The van der Waals surface area contributed by atoms with Crippen molar-refractivity contribution in [3.05, 3.63) is 28.8 Å². The molecule has 0 spiro atoms. The number of carbonyl (C=O) groups is 1. The van der Waals surface area contributed by atoms with Crippen molar-refractivity contribution in [2.24, 2.45) is 0 Å². The summed E-state index contributed by atoms with van der Waals surface area (Å²) in [6.45, 7) is 11.8. The maximum absolute atomic E-state index is 12.2. The van der Waals surface area contributed by atoms with E-state index in [9.17, 15) is 9.90 Å². The summed E-state index contributed by atoms with van der Waals surface area (Å²) in [6, 6.07) is 3.34. The van der Waals surface area contributed by atoms with E-state index < -0.39 is 5.97 Å². The first-order chi connectivity index (χ1) is 7.94. The first kappa shape index (κ1) is 18.0. The molecule has 0 amide bonds. The van der Waals surface area contributed by atoms with Gasteiger partial charge in [-0.1, -0.05) is 53.4 Å². The van der Waals surface area contributed by atoms with Crippen LogP contribution in [0.1, 0.15) is 63.0 Å². The molecule has 0 saturated heterocycles. The summed E-state index contributed by atoms with van der Waals surface area (Å²) in [5, 5.41) is 21.3. The van der Waals surface area contributed by atoms with Crippen molar-refractivity contribution in [3.63, 3.8) is 0 Å². The molecule has 4 heteroatoms. The Morgan fingerprint density at radius 2 is 1.53 bits per heavy atom. The third kappa shape index (κ3) is 3.99. The first-order valence-electron chi connectivity index (χ1n) is 6.04. The fraction of sp³-hybridized carbons (Fsp3) is 0.533. The van der Waals surface area contributed by atoms with Crippen LogP contribution in [0.15, 0.2) is 12.1 Å². The Kier molecular flexibility index (Phi) is 5.27. The van der Waals surface area contributed by atoms with Crippen LogP contribution in [0.3, 0.4) is 0 Å². The maximum Gasteiger partial charge on any atom is 1.00 e. The minimum Gasteiger partial charge on any atom is -0.872 e. The second-order valence-corrected chi connectivity index (χ2v) is 6.71. The Hall–Kier alpha value is -0.991. The second-order valence-electron chi connectivity index (χ2n) is 6.71. The molecule has 0 aliphatic carbocycles. The molecule has 0 heterocycles. The van der Waals surface area contributed by atoms with Crippen molar-refractivity contribution < 1.29 is 32.1 Å². The molecule has 3 nitrogen and oxygen atoms in total. The minimum absolute atomic E-state index is 0. The van der Waals surface area contributed by atoms with Gasteiger partial charge in [0, 0.05) is 0 Å². The molecule has 0 saturated carbocycles. The van der Waals surface area contributed by atoms with Crippen LogP contribution >= 0.6 is 0 Å². The maximum atomic E-state index is 12.2. The van der Waals surface area contributed by atoms with Gasteiger partial charge in [-0.3, -0.25) is 0 Å². The average molecular weight is 313 g/mol. The van der Waals surface area contributed by atoms with Crippen LogP contribution in [0.4, 0.5) is 0 Å². The number of benzene rings is 1. The molecule has 0 fully saturated rings. The quantitative estimate of drug-likeness (QED) is 0.811. The van der Waals surface area contributed by atoms with E-state index in [0.717, 1.165) is 5.56 Å². The van der Waals surface area contributed by atoms with Crippen molar-refractivity contribution in [3.8, 4) is 5.75 Å². The van der Waals surface area contributed by atoms with Gasteiger partial charge in [0.1, 0.15) is 0 Å². The molecule has 0 aliphatic rings. The molecule has 19 heavy (non-hydrogen) atoms. The monoisotopic (exact) mass is 312 g/mol. The van der Waals surface area contributed by atoms with Crippen LogP contribution in [-0.2, 0) is 27.9 Å². The van der Waals surface area contributed by atoms with Gasteiger partial charge in [-0.2, -0.15) is 0 Å². The van der Waals surface area contributed by atoms with Gasteiger partial charge >= 0.3 is 23.0 Å². The SMILES string of the molecule is CC(C)(C)c1cc(C(=O)O)c([O-])c(C(C)(C)C)c1.[Cu+]. The van der Waals surface area contributed by atoms with Gasteiger partial charge in [0.25, 0.3) is 0 Å². The normalized spacial score (nSPS) is 11.9. The molecular formula is C15H21CuO3. The summed E-state index contributed by atoms with van der Waals surface area (Å²) in [5.41, 5.74) is 0.768. The Bertz CT molecular complexity index is 479. The summed E-state index contributed by atoms with van der Waals surface area (Å²) in [6.07, 6.45) is 0. The van der Waals surface area contributed by atoms with Gasteiger partial charge in [-0.25, -0.2) is 4.79 Å². The van der Waals surface area contributed by atoms with E-state index in [2.05, 4.69) is 0 Å². The molecule has 1 aromatic rings. The van der Waals surface area contributed by atoms with E-state index in [4.69, 9.17) is 5.11 Å². The van der Waals surface area contributed by atoms with E-state index in [-0.39, 0.29) is 39.2 Å². The minimum atomic E-state index is -1.16. The zero-order chi connectivity index (χ0) is 14.3. The average Bonchev–Trinajstić information content (AvgIpc) is 2.13. The zero-order valence-electron chi connectivity index (χ0n) is 12.2. The van der Waals surface area contributed by atoms with Crippen LogP contribution in [0.5, 0.6) is 5.75 Å². The molecule has 1 N–H and O–H groups in total. The fourth-order valence-corrected chi connectivity index (χ4v) is 1.78. The fourth-order valence-electron chi connectivity index (χ4n) is 1.78. The van der Waals surface area contributed by atoms with Gasteiger partial charge in [0.15, 0.2) is 0 Å². The molecule has 0 aliphatic heterocycles. The summed E-state index contributed by atoms with van der Waals surface area (Å²) >= 11 is 0. The topological polar surface area (TPSA) is 60.4 Å². The van der Waals surface area contributed by atoms with Crippen LogP contribution in [0, 0.1) is 0 Å². The van der Waals surface area contributed by atoms with E-state index >= 15 is 0 Å². The molecule has 0 atom stereocenters. The van der Waals surface area contributed by atoms with Gasteiger partial charge in [0.05, 0.1) is 5.56 Å². The number of hydrogen-bond donors (Lipinski definition) is 1. The van der Waals surface area contributed by atoms with Crippen molar-refractivity contribution in [2.45, 2.75) is 52.4 Å². The van der Waals surface area contributed by atoms with Crippen LogP contribution in [0.2, 0.25) is 0 Å². The number of aromatic carboxylic acids is 1. The van der Waals surface area contributed by atoms with Gasteiger partial charge in [-0.05, 0) is 28.0 Å². The van der Waals surface area contributed by atoms with Gasteiger partial charge < -0.3 is 10.2 Å². The molecule has 0 radical (unpaired) electrons. The Morgan fingerprint density at radius 3 is 1.84 bits per heavy atom. The van der Waals surface area contributed by atoms with Crippen LogP contribution < -0.4 is 5.11 Å². The smallest absolute Gasteiger partial charge is 0.872 e. The summed E-state index contributed by atoms with van der Waals surface area (Å²) in [5.74, 6) is -1.53. The number of hydrogen-bond acceptors (Lipinski definition) is 2. The largest absolute Gasteiger partial charge is 1.00 e. The van der Waals surface area contributed by atoms with E-state index in [0.29, 0.717) is 5.56 Å². The summed E-state index contributed by atoms with van der Waals surface area (Å²) < 4.78 is 0. The third-order valence-electron chi connectivity index (χ3n) is 2.99. The summed E-state index contributed by atoms with van der Waals surface area (Å²) in [7, 11) is 0. The van der Waals surface area contributed by atoms with Crippen molar-refractivity contribution in [2.75, 3.05) is 0 Å². The van der Waals surface area contributed by atoms with Crippen molar-refractivity contribution in [1.82, 2.24) is 0 Å².